The summed E-state index contributed by atoms with van der Waals surface area (Å²) in [5.74, 6) is 0. The maximum Gasteiger partial charge on any atom is 0.0340 e. The van der Waals surface area contributed by atoms with Crippen molar-refractivity contribution in [1.29, 1.82) is 0 Å². The van der Waals surface area contributed by atoms with Crippen LogP contribution in [0.3, 0.4) is 0 Å². The van der Waals surface area contributed by atoms with Gasteiger partial charge in [0.1, 0.15) is 0 Å². The molecule has 1 N–H and O–H groups in total. The molecule has 0 saturated heterocycles. The molecule has 0 aromatic heterocycles. The summed E-state index contributed by atoms with van der Waals surface area (Å²) in [7, 11) is 0. The van der Waals surface area contributed by atoms with Crippen molar-refractivity contribution in [1.82, 2.24) is 0 Å². The lowest BCUT2D eigenvalue weighted by atomic mass is 10.1. The molecular formula is C28H39N. The Hall–Kier alpha value is -2.28. The number of para-hydroxylation sites is 1. The van der Waals surface area contributed by atoms with E-state index in [1.54, 1.807) is 0 Å². The van der Waals surface area contributed by atoms with Gasteiger partial charge in [0.25, 0.3) is 0 Å². The predicted octanol–water partition coefficient (Wildman–Crippen LogP) is 8.86. The second-order valence-corrected chi connectivity index (χ2v) is 7.82. The molecule has 0 unspecified atom stereocenters. The highest BCUT2D eigenvalue weighted by molar-refractivity contribution is 5.82. The maximum absolute atomic E-state index is 3.47. The van der Waals surface area contributed by atoms with Crippen LogP contribution in [0.4, 0.5) is 5.69 Å². The summed E-state index contributed by atoms with van der Waals surface area (Å²) in [5.41, 5.74) is 1.25. The lowest BCUT2D eigenvalue weighted by Crippen LogP contribution is -2.00. The van der Waals surface area contributed by atoms with Gasteiger partial charge in [-0.15, -0.1) is 0 Å². The SMILES string of the molecule is CCCCCCCCCCCCNc1ccccc1.c1ccc2ccccc2c1. The molecule has 1 nitrogen and oxygen atoms in total. The van der Waals surface area contributed by atoms with Gasteiger partial charge in [-0.05, 0) is 29.3 Å². The Morgan fingerprint density at radius 3 is 1.38 bits per heavy atom. The Kier molecular flexibility index (Phi) is 12.4. The summed E-state index contributed by atoms with van der Waals surface area (Å²) < 4.78 is 0. The molecular weight excluding hydrogens is 350 g/mol. The summed E-state index contributed by atoms with van der Waals surface area (Å²) in [6.45, 7) is 3.39. The van der Waals surface area contributed by atoms with Crippen LogP contribution in [0.5, 0.6) is 0 Å². The first-order valence-electron chi connectivity index (χ1n) is 11.6. The molecule has 0 heterocycles. The third kappa shape index (κ3) is 10.7. The van der Waals surface area contributed by atoms with Gasteiger partial charge < -0.3 is 5.32 Å². The standard InChI is InChI=1S/C18H31N.C10H8/c1-2-3-4-5-6-7-8-9-10-14-17-19-18-15-12-11-13-16-18;1-2-6-10-8-4-3-7-9(10)5-1/h11-13,15-16,19H,2-10,14,17H2,1H3;1-8H. The molecule has 0 fully saturated rings. The van der Waals surface area contributed by atoms with Crippen LogP contribution in [0.15, 0.2) is 78.9 Å². The lowest BCUT2D eigenvalue weighted by molar-refractivity contribution is 0.560. The molecule has 3 aromatic rings. The van der Waals surface area contributed by atoms with Crippen LogP contribution in [0, 0.1) is 0 Å². The number of hydrogen-bond acceptors (Lipinski definition) is 1. The fourth-order valence-corrected chi connectivity index (χ4v) is 3.53. The third-order valence-electron chi connectivity index (χ3n) is 5.29. The Balaban J connectivity index is 0.000000248. The van der Waals surface area contributed by atoms with E-state index in [4.69, 9.17) is 0 Å². The number of nitrogens with one attached hydrogen (secondary N) is 1. The number of fused-ring (bicyclic) bond motifs is 1. The molecule has 156 valence electrons. The highest BCUT2D eigenvalue weighted by atomic mass is 14.9. The van der Waals surface area contributed by atoms with Gasteiger partial charge in [0.2, 0.25) is 0 Å². The zero-order valence-electron chi connectivity index (χ0n) is 18.3. The van der Waals surface area contributed by atoms with Crippen molar-refractivity contribution in [2.24, 2.45) is 0 Å². The van der Waals surface area contributed by atoms with Gasteiger partial charge in [0.05, 0.1) is 0 Å². The third-order valence-corrected chi connectivity index (χ3v) is 5.29. The Morgan fingerprint density at radius 1 is 0.483 bits per heavy atom. The van der Waals surface area contributed by atoms with Gasteiger partial charge in [-0.2, -0.15) is 0 Å². The van der Waals surface area contributed by atoms with E-state index in [9.17, 15) is 0 Å². The molecule has 0 aliphatic carbocycles. The normalized spacial score (nSPS) is 10.4. The van der Waals surface area contributed by atoms with E-state index in [1.165, 1.54) is 80.7 Å². The van der Waals surface area contributed by atoms with Crippen LogP contribution in [0.2, 0.25) is 0 Å². The van der Waals surface area contributed by atoms with Gasteiger partial charge in [-0.25, -0.2) is 0 Å². The monoisotopic (exact) mass is 389 g/mol. The van der Waals surface area contributed by atoms with Crippen molar-refractivity contribution in [2.45, 2.75) is 71.1 Å². The number of rotatable bonds is 12. The molecule has 3 aromatic carbocycles. The predicted molar refractivity (Wildman–Crippen MR) is 131 cm³/mol. The second-order valence-electron chi connectivity index (χ2n) is 7.82. The van der Waals surface area contributed by atoms with E-state index in [0.717, 1.165) is 6.54 Å². The van der Waals surface area contributed by atoms with Crippen molar-refractivity contribution in [2.75, 3.05) is 11.9 Å². The van der Waals surface area contributed by atoms with Crippen LogP contribution >= 0.6 is 0 Å². The average molecular weight is 390 g/mol. The van der Waals surface area contributed by atoms with E-state index in [-0.39, 0.29) is 0 Å². The minimum atomic E-state index is 1.11. The van der Waals surface area contributed by atoms with Crippen molar-refractivity contribution in [3.63, 3.8) is 0 Å². The number of unbranched alkanes of at least 4 members (excludes halogenated alkanes) is 9. The Bertz CT molecular complexity index is 685. The molecule has 0 amide bonds. The molecule has 0 atom stereocenters. The summed E-state index contributed by atoms with van der Waals surface area (Å²) in [6.07, 6.45) is 14.1. The van der Waals surface area contributed by atoms with Crippen molar-refractivity contribution in [3.8, 4) is 0 Å². The number of benzene rings is 3. The van der Waals surface area contributed by atoms with E-state index in [1.807, 2.05) is 0 Å². The number of anilines is 1. The molecule has 3 rings (SSSR count). The van der Waals surface area contributed by atoms with Gasteiger partial charge in [0, 0.05) is 12.2 Å². The van der Waals surface area contributed by atoms with E-state index in [0.29, 0.717) is 0 Å². The molecule has 29 heavy (non-hydrogen) atoms. The van der Waals surface area contributed by atoms with Gasteiger partial charge in [-0.3, -0.25) is 0 Å². The summed E-state index contributed by atoms with van der Waals surface area (Å²) in [5, 5.41) is 6.09. The van der Waals surface area contributed by atoms with Crippen LogP contribution in [0.1, 0.15) is 71.1 Å². The quantitative estimate of drug-likeness (QED) is 0.305. The minimum Gasteiger partial charge on any atom is -0.385 e. The molecule has 0 aliphatic heterocycles. The highest BCUT2D eigenvalue weighted by Crippen LogP contribution is 2.12. The molecule has 0 radical (unpaired) electrons. The second kappa shape index (κ2) is 15.6. The summed E-state index contributed by atoms with van der Waals surface area (Å²) in [4.78, 5) is 0. The van der Waals surface area contributed by atoms with Gasteiger partial charge in [-0.1, -0.05) is 131 Å². The van der Waals surface area contributed by atoms with E-state index in [2.05, 4.69) is 91.1 Å². The highest BCUT2D eigenvalue weighted by Gasteiger charge is 1.93. The first-order chi connectivity index (χ1) is 14.4. The first kappa shape index (κ1) is 23.0. The zero-order valence-corrected chi connectivity index (χ0v) is 18.3. The van der Waals surface area contributed by atoms with Crippen LogP contribution in [0.25, 0.3) is 10.8 Å². The van der Waals surface area contributed by atoms with E-state index >= 15 is 0 Å². The fraction of sp³-hybridized carbons (Fsp3) is 0.429. The fourth-order valence-electron chi connectivity index (χ4n) is 3.53. The van der Waals surface area contributed by atoms with Crippen LogP contribution < -0.4 is 5.32 Å². The Morgan fingerprint density at radius 2 is 0.897 bits per heavy atom. The molecule has 0 aliphatic rings. The van der Waals surface area contributed by atoms with Crippen LogP contribution in [-0.4, -0.2) is 6.54 Å². The summed E-state index contributed by atoms with van der Waals surface area (Å²) in [6, 6.07) is 27.2. The molecule has 0 bridgehead atoms. The lowest BCUT2D eigenvalue weighted by Gasteiger charge is -2.06. The molecule has 0 spiro atoms. The van der Waals surface area contributed by atoms with Crippen molar-refractivity contribution in [3.05, 3.63) is 78.9 Å². The van der Waals surface area contributed by atoms with Crippen molar-refractivity contribution >= 4 is 16.5 Å². The topological polar surface area (TPSA) is 12.0 Å². The van der Waals surface area contributed by atoms with Gasteiger partial charge >= 0.3 is 0 Å². The molecule has 1 heteroatoms. The van der Waals surface area contributed by atoms with Crippen molar-refractivity contribution < 1.29 is 0 Å². The Labute approximate surface area is 178 Å². The number of hydrogen-bond donors (Lipinski definition) is 1. The minimum absolute atomic E-state index is 1.11. The van der Waals surface area contributed by atoms with Crippen LogP contribution in [-0.2, 0) is 0 Å². The van der Waals surface area contributed by atoms with E-state index < -0.39 is 0 Å². The largest absolute Gasteiger partial charge is 0.385 e. The van der Waals surface area contributed by atoms with Gasteiger partial charge in [0.15, 0.2) is 0 Å². The average Bonchev–Trinajstić information content (AvgIpc) is 2.79. The smallest absolute Gasteiger partial charge is 0.0340 e. The molecule has 0 saturated carbocycles. The first-order valence-corrected chi connectivity index (χ1v) is 11.6. The maximum atomic E-state index is 3.47. The zero-order chi connectivity index (χ0) is 20.4. The summed E-state index contributed by atoms with van der Waals surface area (Å²) >= 11 is 0.